The van der Waals surface area contributed by atoms with Crippen LogP contribution in [0.2, 0.25) is 0 Å². The summed E-state index contributed by atoms with van der Waals surface area (Å²) < 4.78 is 10.8. The number of nitrogens with zero attached hydrogens (tertiary/aromatic N) is 1. The predicted molar refractivity (Wildman–Crippen MR) is 70.8 cm³/mol. The van der Waals surface area contributed by atoms with Crippen LogP contribution in [-0.2, 0) is 0 Å². The molecule has 1 aliphatic rings. The molecule has 0 spiro atoms. The summed E-state index contributed by atoms with van der Waals surface area (Å²) in [5.41, 5.74) is 0.00685. The molecule has 0 radical (unpaired) electrons. The van der Waals surface area contributed by atoms with Crippen molar-refractivity contribution in [3.05, 3.63) is 28.3 Å². The summed E-state index contributed by atoms with van der Waals surface area (Å²) in [7, 11) is 1.52. The van der Waals surface area contributed by atoms with Crippen LogP contribution < -0.4 is 14.8 Å². The van der Waals surface area contributed by atoms with Crippen LogP contribution >= 0.6 is 0 Å². The summed E-state index contributed by atoms with van der Waals surface area (Å²) in [6.45, 7) is 1.50. The first-order valence-electron chi connectivity index (χ1n) is 6.39. The van der Waals surface area contributed by atoms with Crippen molar-refractivity contribution in [1.82, 2.24) is 5.32 Å². The van der Waals surface area contributed by atoms with Gasteiger partial charge in [0.2, 0.25) is 0 Å². The first-order chi connectivity index (χ1) is 9.20. The minimum atomic E-state index is -0.439. The standard InChI is InChI=1S/C13H18N2O4/c1-18-12-6-5-11(15(16)17)8-13(12)19-9-10-4-2-3-7-14-10/h5-6,8,10,14H,2-4,7,9H2,1H3. The molecule has 1 N–H and O–H groups in total. The van der Waals surface area contributed by atoms with E-state index in [0.717, 1.165) is 13.0 Å². The third-order valence-corrected chi connectivity index (χ3v) is 3.21. The second-order valence-corrected chi connectivity index (χ2v) is 4.55. The predicted octanol–water partition coefficient (Wildman–Crippen LogP) is 2.12. The topological polar surface area (TPSA) is 73.6 Å². The van der Waals surface area contributed by atoms with Gasteiger partial charge in [0.05, 0.1) is 18.1 Å². The van der Waals surface area contributed by atoms with Gasteiger partial charge in [0.25, 0.3) is 5.69 Å². The van der Waals surface area contributed by atoms with Gasteiger partial charge in [-0.1, -0.05) is 6.42 Å². The maximum absolute atomic E-state index is 10.8. The maximum Gasteiger partial charge on any atom is 0.273 e. The molecule has 1 heterocycles. The first kappa shape index (κ1) is 13.6. The van der Waals surface area contributed by atoms with Crippen molar-refractivity contribution in [3.63, 3.8) is 0 Å². The van der Waals surface area contributed by atoms with Gasteiger partial charge in [0.1, 0.15) is 6.61 Å². The lowest BCUT2D eigenvalue weighted by molar-refractivity contribution is -0.385. The van der Waals surface area contributed by atoms with Gasteiger partial charge in [-0.3, -0.25) is 10.1 Å². The Labute approximate surface area is 111 Å². The number of rotatable bonds is 5. The molecule has 104 valence electrons. The van der Waals surface area contributed by atoms with Crippen LogP contribution in [0, 0.1) is 10.1 Å². The number of ether oxygens (including phenoxy) is 2. The number of non-ortho nitro benzene ring substituents is 1. The number of piperidine rings is 1. The molecule has 0 amide bonds. The molecule has 1 aromatic rings. The number of hydrogen-bond donors (Lipinski definition) is 1. The van der Waals surface area contributed by atoms with Gasteiger partial charge in [0, 0.05) is 12.1 Å². The van der Waals surface area contributed by atoms with E-state index in [0.29, 0.717) is 24.1 Å². The first-order valence-corrected chi connectivity index (χ1v) is 6.39. The third-order valence-electron chi connectivity index (χ3n) is 3.21. The van der Waals surface area contributed by atoms with Crippen molar-refractivity contribution in [2.75, 3.05) is 20.3 Å². The van der Waals surface area contributed by atoms with Gasteiger partial charge in [-0.2, -0.15) is 0 Å². The van der Waals surface area contributed by atoms with Gasteiger partial charge >= 0.3 is 0 Å². The Morgan fingerprint density at radius 3 is 2.89 bits per heavy atom. The molecule has 1 fully saturated rings. The fraction of sp³-hybridized carbons (Fsp3) is 0.538. The van der Waals surface area contributed by atoms with Crippen LogP contribution in [0.4, 0.5) is 5.69 Å². The van der Waals surface area contributed by atoms with E-state index in [1.807, 2.05) is 0 Å². The van der Waals surface area contributed by atoms with E-state index in [1.54, 1.807) is 6.07 Å². The Kier molecular flexibility index (Phi) is 4.57. The zero-order valence-electron chi connectivity index (χ0n) is 10.9. The van der Waals surface area contributed by atoms with Crippen LogP contribution in [0.3, 0.4) is 0 Å². The van der Waals surface area contributed by atoms with Crippen molar-refractivity contribution in [3.8, 4) is 11.5 Å². The van der Waals surface area contributed by atoms with E-state index >= 15 is 0 Å². The summed E-state index contributed by atoms with van der Waals surface area (Å²) in [4.78, 5) is 10.3. The fourth-order valence-electron chi connectivity index (χ4n) is 2.15. The average molecular weight is 266 g/mol. The molecule has 1 atom stereocenters. The van der Waals surface area contributed by atoms with Crippen molar-refractivity contribution in [2.45, 2.75) is 25.3 Å². The molecule has 1 saturated heterocycles. The lowest BCUT2D eigenvalue weighted by Crippen LogP contribution is -2.38. The molecule has 0 aliphatic carbocycles. The molecule has 0 saturated carbocycles. The highest BCUT2D eigenvalue weighted by Gasteiger charge is 2.16. The molecular formula is C13H18N2O4. The lowest BCUT2D eigenvalue weighted by Gasteiger charge is -2.23. The molecule has 2 rings (SSSR count). The number of nitrogens with one attached hydrogen (secondary N) is 1. The SMILES string of the molecule is COc1ccc([N+](=O)[O-])cc1OCC1CCCCN1. The molecule has 19 heavy (non-hydrogen) atoms. The summed E-state index contributed by atoms with van der Waals surface area (Å²) in [5.74, 6) is 0.936. The maximum atomic E-state index is 10.8. The largest absolute Gasteiger partial charge is 0.493 e. The Balaban J connectivity index is 2.04. The minimum absolute atomic E-state index is 0.00685. The molecule has 0 aromatic heterocycles. The molecule has 1 aliphatic heterocycles. The van der Waals surface area contributed by atoms with Crippen LogP contribution in [0.1, 0.15) is 19.3 Å². The number of nitro benzene ring substituents is 1. The van der Waals surface area contributed by atoms with Gasteiger partial charge in [-0.15, -0.1) is 0 Å². The minimum Gasteiger partial charge on any atom is -0.493 e. The highest BCUT2D eigenvalue weighted by molar-refractivity contribution is 5.48. The van der Waals surface area contributed by atoms with Gasteiger partial charge in [0.15, 0.2) is 11.5 Å². The second kappa shape index (κ2) is 6.38. The van der Waals surface area contributed by atoms with Gasteiger partial charge < -0.3 is 14.8 Å². The van der Waals surface area contributed by atoms with Gasteiger partial charge in [-0.25, -0.2) is 0 Å². The number of benzene rings is 1. The highest BCUT2D eigenvalue weighted by atomic mass is 16.6. The summed E-state index contributed by atoms with van der Waals surface area (Å²) in [5, 5.41) is 14.1. The normalized spacial score (nSPS) is 18.9. The quantitative estimate of drug-likeness (QED) is 0.652. The van der Waals surface area contributed by atoms with Crippen LogP contribution in [-0.4, -0.2) is 31.2 Å². The zero-order valence-corrected chi connectivity index (χ0v) is 10.9. The Morgan fingerprint density at radius 2 is 2.26 bits per heavy atom. The van der Waals surface area contributed by atoms with E-state index in [9.17, 15) is 10.1 Å². The summed E-state index contributed by atoms with van der Waals surface area (Å²) in [6.07, 6.45) is 3.45. The average Bonchev–Trinajstić information content (AvgIpc) is 2.45. The van der Waals surface area contributed by atoms with E-state index in [2.05, 4.69) is 5.32 Å². The molecular weight excluding hydrogens is 248 g/mol. The van der Waals surface area contributed by atoms with Crippen molar-refractivity contribution >= 4 is 5.69 Å². The smallest absolute Gasteiger partial charge is 0.273 e. The van der Waals surface area contributed by atoms with E-state index in [-0.39, 0.29) is 5.69 Å². The fourth-order valence-corrected chi connectivity index (χ4v) is 2.15. The zero-order chi connectivity index (χ0) is 13.7. The number of nitro groups is 1. The second-order valence-electron chi connectivity index (χ2n) is 4.55. The number of hydrogen-bond acceptors (Lipinski definition) is 5. The van der Waals surface area contributed by atoms with E-state index in [4.69, 9.17) is 9.47 Å². The van der Waals surface area contributed by atoms with E-state index < -0.39 is 4.92 Å². The van der Waals surface area contributed by atoms with Crippen molar-refractivity contribution in [1.29, 1.82) is 0 Å². The third kappa shape index (κ3) is 3.57. The van der Waals surface area contributed by atoms with Crippen LogP contribution in [0.25, 0.3) is 0 Å². The van der Waals surface area contributed by atoms with Gasteiger partial charge in [-0.05, 0) is 25.5 Å². The van der Waals surface area contributed by atoms with E-state index in [1.165, 1.54) is 32.1 Å². The monoisotopic (exact) mass is 266 g/mol. The summed E-state index contributed by atoms with van der Waals surface area (Å²) >= 11 is 0. The summed E-state index contributed by atoms with van der Waals surface area (Å²) in [6, 6.07) is 4.67. The molecule has 6 nitrogen and oxygen atoms in total. The van der Waals surface area contributed by atoms with Crippen LogP contribution in [0.15, 0.2) is 18.2 Å². The van der Waals surface area contributed by atoms with Crippen LogP contribution in [0.5, 0.6) is 11.5 Å². The molecule has 6 heteroatoms. The Morgan fingerprint density at radius 1 is 1.42 bits per heavy atom. The molecule has 1 unspecified atom stereocenters. The van der Waals surface area contributed by atoms with Crippen molar-refractivity contribution < 1.29 is 14.4 Å². The lowest BCUT2D eigenvalue weighted by atomic mass is 10.1. The Hall–Kier alpha value is -1.82. The highest BCUT2D eigenvalue weighted by Crippen LogP contribution is 2.31. The number of methoxy groups -OCH3 is 1. The Bertz CT molecular complexity index is 444. The molecule has 1 aromatic carbocycles. The van der Waals surface area contributed by atoms with Crippen molar-refractivity contribution in [2.24, 2.45) is 0 Å². The molecule has 0 bridgehead atoms.